The van der Waals surface area contributed by atoms with Crippen molar-refractivity contribution in [1.29, 1.82) is 0 Å². The number of nitrogens with zero attached hydrogens (tertiary/aromatic N) is 1. The third kappa shape index (κ3) is 4.60. The lowest BCUT2D eigenvalue weighted by Crippen LogP contribution is -2.39. The van der Waals surface area contributed by atoms with E-state index < -0.39 is 0 Å². The Hall–Kier alpha value is -0.860. The predicted molar refractivity (Wildman–Crippen MR) is 86.6 cm³/mol. The van der Waals surface area contributed by atoms with Crippen molar-refractivity contribution in [1.82, 2.24) is 4.90 Å². The lowest BCUT2D eigenvalue weighted by Gasteiger charge is -2.37. The molecule has 1 saturated carbocycles. The zero-order valence-electron chi connectivity index (χ0n) is 12.9. The molecule has 0 aromatic heterocycles. The normalized spacial score (nSPS) is 23.1. The second-order valence-electron chi connectivity index (χ2n) is 6.19. The number of benzene rings is 1. The Morgan fingerprint density at radius 1 is 1.20 bits per heavy atom. The Balaban J connectivity index is 1.98. The molecule has 2 N–H and O–H groups in total. The maximum atomic E-state index is 5.73. The maximum Gasteiger partial charge on any atom is 0.0236 e. The van der Waals surface area contributed by atoms with Crippen molar-refractivity contribution < 1.29 is 0 Å². The molecule has 0 heterocycles. The first-order valence-electron chi connectivity index (χ1n) is 8.31. The first-order chi connectivity index (χ1) is 9.83. The SMILES string of the molecule is CCC1CCCC(N(CCCN)Cc2ccccc2)C1. The quantitative estimate of drug-likeness (QED) is 0.819. The van der Waals surface area contributed by atoms with Crippen molar-refractivity contribution in [2.75, 3.05) is 13.1 Å². The molecule has 112 valence electrons. The second-order valence-corrected chi connectivity index (χ2v) is 6.19. The summed E-state index contributed by atoms with van der Waals surface area (Å²) < 4.78 is 0. The number of rotatable bonds is 7. The Morgan fingerprint density at radius 2 is 2.00 bits per heavy atom. The summed E-state index contributed by atoms with van der Waals surface area (Å²) in [5.74, 6) is 0.935. The molecule has 20 heavy (non-hydrogen) atoms. The highest BCUT2D eigenvalue weighted by atomic mass is 15.2. The van der Waals surface area contributed by atoms with Gasteiger partial charge in [-0.15, -0.1) is 0 Å². The van der Waals surface area contributed by atoms with E-state index in [1.807, 2.05) is 0 Å². The van der Waals surface area contributed by atoms with E-state index in [0.717, 1.165) is 38.0 Å². The first-order valence-corrected chi connectivity index (χ1v) is 8.31. The van der Waals surface area contributed by atoms with Crippen LogP contribution in [0, 0.1) is 5.92 Å². The summed E-state index contributed by atoms with van der Waals surface area (Å²) in [6, 6.07) is 11.6. The van der Waals surface area contributed by atoms with Gasteiger partial charge in [0.05, 0.1) is 0 Å². The Bertz CT molecular complexity index is 363. The highest BCUT2D eigenvalue weighted by Crippen LogP contribution is 2.30. The van der Waals surface area contributed by atoms with Crippen LogP contribution in [-0.4, -0.2) is 24.0 Å². The van der Waals surface area contributed by atoms with E-state index in [-0.39, 0.29) is 0 Å². The molecule has 1 aliphatic rings. The summed E-state index contributed by atoms with van der Waals surface area (Å²) in [7, 11) is 0. The van der Waals surface area contributed by atoms with Gasteiger partial charge < -0.3 is 5.73 Å². The second kappa shape index (κ2) is 8.43. The molecule has 0 spiro atoms. The lowest BCUT2D eigenvalue weighted by molar-refractivity contribution is 0.120. The van der Waals surface area contributed by atoms with Gasteiger partial charge in [0.2, 0.25) is 0 Å². The smallest absolute Gasteiger partial charge is 0.0236 e. The fourth-order valence-corrected chi connectivity index (χ4v) is 3.47. The minimum Gasteiger partial charge on any atom is -0.330 e. The third-order valence-corrected chi connectivity index (χ3v) is 4.73. The number of hydrogen-bond acceptors (Lipinski definition) is 2. The maximum absolute atomic E-state index is 5.73. The summed E-state index contributed by atoms with van der Waals surface area (Å²) in [5, 5.41) is 0. The van der Waals surface area contributed by atoms with Gasteiger partial charge >= 0.3 is 0 Å². The summed E-state index contributed by atoms with van der Waals surface area (Å²) in [4.78, 5) is 2.68. The fourth-order valence-electron chi connectivity index (χ4n) is 3.47. The van der Waals surface area contributed by atoms with Crippen molar-refractivity contribution in [2.24, 2.45) is 11.7 Å². The summed E-state index contributed by atoms with van der Waals surface area (Å²) in [5.41, 5.74) is 7.16. The van der Waals surface area contributed by atoms with Crippen LogP contribution in [0.3, 0.4) is 0 Å². The predicted octanol–water partition coefficient (Wildman–Crippen LogP) is 3.81. The molecule has 0 bridgehead atoms. The van der Waals surface area contributed by atoms with Gasteiger partial charge in [0, 0.05) is 12.6 Å². The molecular weight excluding hydrogens is 244 g/mol. The molecule has 2 nitrogen and oxygen atoms in total. The molecule has 0 radical (unpaired) electrons. The zero-order chi connectivity index (χ0) is 14.2. The van der Waals surface area contributed by atoms with Crippen LogP contribution in [0.15, 0.2) is 30.3 Å². The minimum atomic E-state index is 0.764. The molecule has 0 saturated heterocycles. The van der Waals surface area contributed by atoms with Crippen molar-refractivity contribution >= 4 is 0 Å². The van der Waals surface area contributed by atoms with Gasteiger partial charge in [0.1, 0.15) is 0 Å². The van der Waals surface area contributed by atoms with Crippen LogP contribution in [-0.2, 0) is 6.54 Å². The molecular formula is C18H30N2. The lowest BCUT2D eigenvalue weighted by atomic mass is 9.83. The molecule has 2 rings (SSSR count). The van der Waals surface area contributed by atoms with Crippen molar-refractivity contribution in [3.05, 3.63) is 35.9 Å². The van der Waals surface area contributed by atoms with Gasteiger partial charge in [-0.3, -0.25) is 4.90 Å². The summed E-state index contributed by atoms with van der Waals surface area (Å²) in [6.07, 6.45) is 8.04. The number of hydrogen-bond donors (Lipinski definition) is 1. The summed E-state index contributed by atoms with van der Waals surface area (Å²) in [6.45, 7) is 5.37. The molecule has 1 fully saturated rings. The van der Waals surface area contributed by atoms with Crippen molar-refractivity contribution in [3.8, 4) is 0 Å². The standard InChI is InChI=1S/C18H30N2/c1-2-16-10-6-11-18(14-16)20(13-7-12-19)15-17-8-4-3-5-9-17/h3-5,8-9,16,18H,2,6-7,10-15,19H2,1H3. The topological polar surface area (TPSA) is 29.3 Å². The van der Waals surface area contributed by atoms with Crippen LogP contribution >= 0.6 is 0 Å². The molecule has 2 unspecified atom stereocenters. The summed E-state index contributed by atoms with van der Waals surface area (Å²) >= 11 is 0. The van der Waals surface area contributed by atoms with Crippen LogP contribution in [0.25, 0.3) is 0 Å². The Labute approximate surface area is 124 Å². The number of nitrogens with two attached hydrogens (primary N) is 1. The molecule has 2 atom stereocenters. The van der Waals surface area contributed by atoms with Gasteiger partial charge in [-0.05, 0) is 43.8 Å². The Kier molecular flexibility index (Phi) is 6.55. The van der Waals surface area contributed by atoms with E-state index >= 15 is 0 Å². The van der Waals surface area contributed by atoms with Crippen LogP contribution in [0.2, 0.25) is 0 Å². The van der Waals surface area contributed by atoms with E-state index in [1.54, 1.807) is 0 Å². The van der Waals surface area contributed by atoms with E-state index in [2.05, 4.69) is 42.2 Å². The van der Waals surface area contributed by atoms with Gasteiger partial charge in [-0.1, -0.05) is 56.5 Å². The molecule has 1 aliphatic carbocycles. The van der Waals surface area contributed by atoms with Gasteiger partial charge in [0.25, 0.3) is 0 Å². The first kappa shape index (κ1) is 15.5. The van der Waals surface area contributed by atoms with Crippen molar-refractivity contribution in [2.45, 2.75) is 58.0 Å². The molecule has 1 aromatic rings. The van der Waals surface area contributed by atoms with Gasteiger partial charge in [-0.25, -0.2) is 0 Å². The van der Waals surface area contributed by atoms with E-state index in [9.17, 15) is 0 Å². The van der Waals surface area contributed by atoms with E-state index in [1.165, 1.54) is 37.7 Å². The largest absolute Gasteiger partial charge is 0.330 e. The van der Waals surface area contributed by atoms with Crippen LogP contribution in [0.1, 0.15) is 51.0 Å². The van der Waals surface area contributed by atoms with E-state index in [4.69, 9.17) is 5.73 Å². The minimum absolute atomic E-state index is 0.764. The average molecular weight is 274 g/mol. The van der Waals surface area contributed by atoms with Crippen molar-refractivity contribution in [3.63, 3.8) is 0 Å². The van der Waals surface area contributed by atoms with Crippen LogP contribution in [0.5, 0.6) is 0 Å². The molecule has 0 amide bonds. The Morgan fingerprint density at radius 3 is 2.70 bits per heavy atom. The molecule has 2 heteroatoms. The zero-order valence-corrected chi connectivity index (χ0v) is 12.9. The highest BCUT2D eigenvalue weighted by molar-refractivity contribution is 5.14. The van der Waals surface area contributed by atoms with E-state index in [0.29, 0.717) is 0 Å². The monoisotopic (exact) mass is 274 g/mol. The fraction of sp³-hybridized carbons (Fsp3) is 0.667. The molecule has 0 aliphatic heterocycles. The van der Waals surface area contributed by atoms with Gasteiger partial charge in [-0.2, -0.15) is 0 Å². The van der Waals surface area contributed by atoms with Crippen LogP contribution < -0.4 is 5.73 Å². The molecule has 1 aromatic carbocycles. The third-order valence-electron chi connectivity index (χ3n) is 4.73. The average Bonchev–Trinajstić information content (AvgIpc) is 2.52. The van der Waals surface area contributed by atoms with Gasteiger partial charge in [0.15, 0.2) is 0 Å². The highest BCUT2D eigenvalue weighted by Gasteiger charge is 2.25. The van der Waals surface area contributed by atoms with Crippen LogP contribution in [0.4, 0.5) is 0 Å².